The highest BCUT2D eigenvalue weighted by Crippen LogP contribution is 2.32. The van der Waals surface area contributed by atoms with Gasteiger partial charge in [0.1, 0.15) is 18.2 Å². The van der Waals surface area contributed by atoms with Gasteiger partial charge in [0.25, 0.3) is 5.91 Å². The van der Waals surface area contributed by atoms with E-state index in [-0.39, 0.29) is 17.3 Å². The molecule has 4 heterocycles. The summed E-state index contributed by atoms with van der Waals surface area (Å²) in [6.07, 6.45) is 5.96. The predicted molar refractivity (Wildman–Crippen MR) is 179 cm³/mol. The average molecular weight is 644 g/mol. The number of piperazine rings is 1. The number of hydrazone groups is 1. The van der Waals surface area contributed by atoms with Gasteiger partial charge in [0.2, 0.25) is 11.8 Å². The fraction of sp³-hybridized carbons (Fsp3) is 0.303. The Morgan fingerprint density at radius 1 is 1.19 bits per heavy atom. The van der Waals surface area contributed by atoms with Crippen LogP contribution in [0.2, 0.25) is 0 Å². The standard InChI is InChI=1S/C33H38FN9O4/c1-6-7-9-26(34)22(2)28(32(44)41-17-15-40(16-18-41)24-11-13-25(14-12-24)46-21-20-45-5)42(36-4)31-23(3)30-37-29(27-10-8-19-47-27)39-43(30)33(35)38-31/h6-14,19,28H,2,4,15-18,20-21H2,1,3,5H3,(H2,35,38)/b7-6-,26-9+/t28-/m0/s1. The minimum atomic E-state index is -1.32. The second-order valence-corrected chi connectivity index (χ2v) is 10.7. The van der Waals surface area contributed by atoms with E-state index >= 15 is 4.39 Å². The number of hydrogen-bond acceptors (Lipinski definition) is 11. The van der Waals surface area contributed by atoms with Crippen LogP contribution in [-0.2, 0) is 9.53 Å². The van der Waals surface area contributed by atoms with Crippen LogP contribution in [0, 0.1) is 6.92 Å². The number of nitrogen functional groups attached to an aromatic ring is 1. The number of nitrogens with two attached hydrogens (primary N) is 1. The molecule has 1 aromatic carbocycles. The summed E-state index contributed by atoms with van der Waals surface area (Å²) in [5, 5.41) is 9.82. The Balaban J connectivity index is 1.42. The first-order valence-corrected chi connectivity index (χ1v) is 15.0. The lowest BCUT2D eigenvalue weighted by molar-refractivity contribution is -0.132. The Kier molecular flexibility index (Phi) is 10.3. The van der Waals surface area contributed by atoms with Crippen LogP contribution in [-0.4, -0.2) is 89.7 Å². The van der Waals surface area contributed by atoms with Crippen LogP contribution >= 0.6 is 0 Å². The van der Waals surface area contributed by atoms with Crippen LogP contribution < -0.4 is 20.4 Å². The number of fused-ring (bicyclic) bond motifs is 1. The average Bonchev–Trinajstić information content (AvgIpc) is 3.79. The molecule has 4 aromatic rings. The maximum Gasteiger partial charge on any atom is 0.252 e. The van der Waals surface area contributed by atoms with Gasteiger partial charge in [-0.15, -0.1) is 5.10 Å². The minimum absolute atomic E-state index is 0.0231. The largest absolute Gasteiger partial charge is 0.491 e. The fourth-order valence-corrected chi connectivity index (χ4v) is 5.23. The van der Waals surface area contributed by atoms with Crippen molar-refractivity contribution in [2.24, 2.45) is 5.10 Å². The molecule has 0 spiro atoms. The number of halogens is 1. The normalized spacial score (nSPS) is 14.5. The van der Waals surface area contributed by atoms with Crippen molar-refractivity contribution in [3.8, 4) is 17.3 Å². The molecule has 0 bridgehead atoms. The van der Waals surface area contributed by atoms with E-state index in [9.17, 15) is 4.79 Å². The highest BCUT2D eigenvalue weighted by atomic mass is 19.1. The van der Waals surface area contributed by atoms with Crippen LogP contribution in [0.25, 0.3) is 17.2 Å². The van der Waals surface area contributed by atoms with Crippen molar-refractivity contribution < 1.29 is 23.1 Å². The number of allylic oxidation sites excluding steroid dienone is 3. The number of ether oxygens (including phenoxy) is 2. The number of methoxy groups -OCH3 is 1. The summed E-state index contributed by atoms with van der Waals surface area (Å²) in [6.45, 7) is 14.0. The van der Waals surface area contributed by atoms with E-state index in [2.05, 4.69) is 38.4 Å². The number of rotatable bonds is 13. The van der Waals surface area contributed by atoms with Crippen LogP contribution in [0.5, 0.6) is 5.75 Å². The van der Waals surface area contributed by atoms with Crippen molar-refractivity contribution in [2.45, 2.75) is 19.9 Å². The third-order valence-electron chi connectivity index (χ3n) is 7.73. The number of nitrogens with zero attached hydrogens (tertiary/aromatic N) is 8. The number of benzene rings is 1. The van der Waals surface area contributed by atoms with Crippen LogP contribution in [0.1, 0.15) is 12.5 Å². The lowest BCUT2D eigenvalue weighted by Gasteiger charge is -2.39. The maximum absolute atomic E-state index is 15.5. The van der Waals surface area contributed by atoms with Crippen LogP contribution in [0.4, 0.5) is 21.8 Å². The molecule has 0 radical (unpaired) electrons. The molecule has 47 heavy (non-hydrogen) atoms. The molecule has 1 aliphatic rings. The van der Waals surface area contributed by atoms with Crippen molar-refractivity contribution in [1.82, 2.24) is 24.5 Å². The number of amides is 1. The third-order valence-corrected chi connectivity index (χ3v) is 7.73. The number of carbonyl (C=O) groups excluding carboxylic acids is 1. The molecule has 0 aliphatic carbocycles. The second-order valence-electron chi connectivity index (χ2n) is 10.7. The van der Waals surface area contributed by atoms with E-state index in [4.69, 9.17) is 19.6 Å². The number of anilines is 3. The summed E-state index contributed by atoms with van der Waals surface area (Å²) in [7, 11) is 1.63. The van der Waals surface area contributed by atoms with E-state index in [1.54, 1.807) is 44.1 Å². The molecule has 0 saturated carbocycles. The molecule has 1 amide bonds. The van der Waals surface area contributed by atoms with E-state index < -0.39 is 17.8 Å². The summed E-state index contributed by atoms with van der Waals surface area (Å²) in [4.78, 5) is 27.2. The first-order chi connectivity index (χ1) is 22.8. The van der Waals surface area contributed by atoms with Gasteiger partial charge in [-0.1, -0.05) is 18.7 Å². The van der Waals surface area contributed by atoms with Crippen LogP contribution in [0.15, 0.2) is 88.4 Å². The smallest absolute Gasteiger partial charge is 0.252 e. The van der Waals surface area contributed by atoms with Gasteiger partial charge < -0.3 is 29.4 Å². The highest BCUT2D eigenvalue weighted by molar-refractivity contribution is 5.90. The van der Waals surface area contributed by atoms with Crippen molar-refractivity contribution in [3.05, 3.63) is 84.4 Å². The zero-order valence-corrected chi connectivity index (χ0v) is 26.7. The topological polar surface area (TPSA) is 140 Å². The molecule has 3 aromatic heterocycles. The fourth-order valence-electron chi connectivity index (χ4n) is 5.23. The van der Waals surface area contributed by atoms with E-state index in [0.29, 0.717) is 62.2 Å². The monoisotopic (exact) mass is 643 g/mol. The van der Waals surface area contributed by atoms with E-state index in [1.165, 1.54) is 27.9 Å². The molecule has 1 fully saturated rings. The summed E-state index contributed by atoms with van der Waals surface area (Å²) in [5.41, 5.74) is 8.05. The van der Waals surface area contributed by atoms with Crippen molar-refractivity contribution in [2.75, 3.05) is 62.1 Å². The van der Waals surface area contributed by atoms with Gasteiger partial charge in [-0.2, -0.15) is 14.6 Å². The zero-order chi connectivity index (χ0) is 33.5. The first kappa shape index (κ1) is 32.9. The molecule has 14 heteroatoms. The predicted octanol–water partition coefficient (Wildman–Crippen LogP) is 4.43. The van der Waals surface area contributed by atoms with Gasteiger partial charge >= 0.3 is 0 Å². The Hall–Kier alpha value is -5.50. The summed E-state index contributed by atoms with van der Waals surface area (Å²) in [5.74, 6) is 0.526. The summed E-state index contributed by atoms with van der Waals surface area (Å²) >= 11 is 0. The van der Waals surface area contributed by atoms with Crippen molar-refractivity contribution >= 4 is 35.7 Å². The Bertz CT molecular complexity index is 1780. The molecule has 5 rings (SSSR count). The molecule has 0 unspecified atom stereocenters. The number of hydrogen-bond donors (Lipinski definition) is 1. The minimum Gasteiger partial charge on any atom is -0.491 e. The molecule has 1 saturated heterocycles. The maximum atomic E-state index is 15.5. The van der Waals surface area contributed by atoms with E-state index in [0.717, 1.165) is 11.4 Å². The van der Waals surface area contributed by atoms with E-state index in [1.807, 2.05) is 24.3 Å². The Labute approximate surface area is 272 Å². The number of aromatic nitrogens is 4. The van der Waals surface area contributed by atoms with Gasteiger partial charge in [-0.05, 0) is 56.3 Å². The third kappa shape index (κ3) is 7.02. The SMILES string of the molecule is C=NN(c1nc(N)n2nc(-c3ccco3)nc2c1C)[C@@H](C(=C)/C(F)=C\C=C/C)C(=O)N1CCN(c2ccc(OCCOC)cc2)CC1. The van der Waals surface area contributed by atoms with Crippen molar-refractivity contribution in [1.29, 1.82) is 0 Å². The Morgan fingerprint density at radius 2 is 1.94 bits per heavy atom. The van der Waals surface area contributed by atoms with Gasteiger partial charge in [0.15, 0.2) is 23.3 Å². The first-order valence-electron chi connectivity index (χ1n) is 15.0. The van der Waals surface area contributed by atoms with Gasteiger partial charge in [0.05, 0.1) is 12.9 Å². The highest BCUT2D eigenvalue weighted by Gasteiger charge is 2.37. The second kappa shape index (κ2) is 14.7. The number of furan rings is 1. The lowest BCUT2D eigenvalue weighted by Crippen LogP contribution is -2.55. The number of aryl methyl sites for hydroxylation is 1. The molecule has 246 valence electrons. The Morgan fingerprint density at radius 3 is 2.57 bits per heavy atom. The lowest BCUT2D eigenvalue weighted by atomic mass is 10.0. The molecule has 1 aliphatic heterocycles. The van der Waals surface area contributed by atoms with Crippen LogP contribution in [0.3, 0.4) is 0 Å². The summed E-state index contributed by atoms with van der Waals surface area (Å²) < 4.78 is 33.0. The quantitative estimate of drug-likeness (QED) is 0.0964. The molecule has 2 N–H and O–H groups in total. The molecule has 1 atom stereocenters. The van der Waals surface area contributed by atoms with Gasteiger partial charge in [-0.25, -0.2) is 14.4 Å². The number of carbonyl (C=O) groups is 1. The molecular formula is C33H38FN9O4. The van der Waals surface area contributed by atoms with Gasteiger partial charge in [-0.3, -0.25) is 4.79 Å². The molecular weight excluding hydrogens is 605 g/mol. The summed E-state index contributed by atoms with van der Waals surface area (Å²) in [6, 6.07) is 9.89. The zero-order valence-electron chi connectivity index (χ0n) is 26.7. The molecule has 13 nitrogen and oxygen atoms in total. The van der Waals surface area contributed by atoms with Gasteiger partial charge in [0, 0.05) is 56.8 Å². The van der Waals surface area contributed by atoms with Crippen molar-refractivity contribution in [3.63, 3.8) is 0 Å².